The second-order valence-electron chi connectivity index (χ2n) is 9.71. The third-order valence-electron chi connectivity index (χ3n) is 6.96. The maximum Gasteiger partial charge on any atom is 0.185 e. The molecule has 2 aromatic rings. The smallest absolute Gasteiger partial charge is 0.185 e. The van der Waals surface area contributed by atoms with Crippen LogP contribution >= 0.6 is 11.3 Å². The van der Waals surface area contributed by atoms with Crippen molar-refractivity contribution in [3.8, 4) is 11.3 Å². The van der Waals surface area contributed by atoms with Crippen molar-refractivity contribution in [1.82, 2.24) is 10.3 Å². The summed E-state index contributed by atoms with van der Waals surface area (Å²) in [6, 6.07) is 6.69. The predicted octanol–water partition coefficient (Wildman–Crippen LogP) is 2.66. The van der Waals surface area contributed by atoms with Crippen LogP contribution in [0.15, 0.2) is 23.6 Å². The monoisotopic (exact) mass is 444 g/mol. The normalized spacial score (nSPS) is 21.0. The lowest BCUT2D eigenvalue weighted by molar-refractivity contribution is 0.104. The Bertz CT molecular complexity index is 876. The zero-order valence-corrected chi connectivity index (χ0v) is 19.5. The van der Waals surface area contributed by atoms with Gasteiger partial charge in [-0.2, -0.15) is 0 Å². The Balaban J connectivity index is 1.35. The third kappa shape index (κ3) is 5.12. The van der Waals surface area contributed by atoms with E-state index < -0.39 is 12.1 Å². The Morgan fingerprint density at radius 3 is 2.84 bits per heavy atom. The number of fused-ring (bicyclic) bond motifs is 1. The van der Waals surface area contributed by atoms with Gasteiger partial charge in [-0.25, -0.2) is 4.98 Å². The van der Waals surface area contributed by atoms with Crippen molar-refractivity contribution in [2.75, 3.05) is 31.1 Å². The van der Waals surface area contributed by atoms with Crippen molar-refractivity contribution in [3.05, 3.63) is 34.7 Å². The Labute approximate surface area is 189 Å². The summed E-state index contributed by atoms with van der Waals surface area (Å²) in [5.74, 6) is 0. The van der Waals surface area contributed by atoms with Crippen LogP contribution in [0.4, 0.5) is 5.13 Å². The molecule has 0 saturated carbocycles. The number of anilines is 1. The zero-order chi connectivity index (χ0) is 22.0. The quantitative estimate of drug-likeness (QED) is 0.525. The van der Waals surface area contributed by atoms with E-state index in [4.69, 9.17) is 15.8 Å². The Morgan fingerprint density at radius 1 is 1.32 bits per heavy atom. The molecule has 0 radical (unpaired) electrons. The fourth-order valence-electron chi connectivity index (χ4n) is 4.85. The maximum atomic E-state index is 9.93. The number of rotatable bonds is 7. The van der Waals surface area contributed by atoms with Gasteiger partial charge in [-0.15, -0.1) is 11.3 Å². The van der Waals surface area contributed by atoms with Crippen LogP contribution in [0.1, 0.15) is 50.7 Å². The highest BCUT2D eigenvalue weighted by molar-refractivity contribution is 7.14. The lowest BCUT2D eigenvalue weighted by Crippen LogP contribution is -2.49. The minimum absolute atomic E-state index is 0.199. The largest absolute Gasteiger partial charge is 0.395 e. The Morgan fingerprint density at radius 2 is 2.10 bits per heavy atom. The Hall–Kier alpha value is -1.51. The molecule has 1 aliphatic carbocycles. The first-order valence-electron chi connectivity index (χ1n) is 11.5. The van der Waals surface area contributed by atoms with E-state index in [1.54, 1.807) is 11.3 Å². The molecule has 5 N–H and O–H groups in total. The summed E-state index contributed by atoms with van der Waals surface area (Å²) in [5.41, 5.74) is 11.2. The van der Waals surface area contributed by atoms with Crippen LogP contribution in [0.2, 0.25) is 0 Å². The molecule has 2 aliphatic rings. The minimum Gasteiger partial charge on any atom is -0.395 e. The predicted molar refractivity (Wildman–Crippen MR) is 128 cm³/mol. The van der Waals surface area contributed by atoms with E-state index in [-0.39, 0.29) is 12.0 Å². The van der Waals surface area contributed by atoms with E-state index in [2.05, 4.69) is 47.6 Å². The van der Waals surface area contributed by atoms with Crippen LogP contribution < -0.4 is 16.0 Å². The van der Waals surface area contributed by atoms with Crippen LogP contribution in [0.25, 0.3) is 11.3 Å². The zero-order valence-electron chi connectivity index (χ0n) is 18.7. The van der Waals surface area contributed by atoms with Gasteiger partial charge in [-0.05, 0) is 54.7 Å². The number of nitrogens with one attached hydrogen (secondary N) is 1. The molecule has 6 nitrogen and oxygen atoms in total. The van der Waals surface area contributed by atoms with E-state index in [1.807, 2.05) is 0 Å². The molecule has 1 saturated heterocycles. The molecule has 1 aromatic heterocycles. The number of aliphatic hydroxyl groups excluding tert-OH is 2. The number of aromatic nitrogens is 1. The minimum atomic E-state index is -0.716. The number of nitrogens with two attached hydrogens (primary N) is 1. The van der Waals surface area contributed by atoms with Crippen molar-refractivity contribution in [2.24, 2.45) is 5.73 Å². The third-order valence-corrected chi connectivity index (χ3v) is 7.86. The van der Waals surface area contributed by atoms with Gasteiger partial charge >= 0.3 is 0 Å². The van der Waals surface area contributed by atoms with Crippen LogP contribution in [-0.4, -0.2) is 59.6 Å². The van der Waals surface area contributed by atoms with Gasteiger partial charge in [0.2, 0.25) is 0 Å². The van der Waals surface area contributed by atoms with Gasteiger partial charge in [0.05, 0.1) is 24.4 Å². The number of benzene rings is 1. The number of hydrogen-bond acceptors (Lipinski definition) is 7. The molecule has 0 amide bonds. The van der Waals surface area contributed by atoms with Gasteiger partial charge in [0.1, 0.15) is 0 Å². The average Bonchev–Trinajstić information content (AvgIpc) is 3.27. The van der Waals surface area contributed by atoms with Crippen molar-refractivity contribution in [2.45, 2.75) is 69.6 Å². The average molecular weight is 445 g/mol. The van der Waals surface area contributed by atoms with Gasteiger partial charge in [0, 0.05) is 36.6 Å². The topological polar surface area (TPSA) is 94.6 Å². The molecule has 0 bridgehead atoms. The molecule has 7 heteroatoms. The van der Waals surface area contributed by atoms with Crippen molar-refractivity contribution in [3.63, 3.8) is 0 Å². The van der Waals surface area contributed by atoms with Gasteiger partial charge < -0.3 is 26.2 Å². The van der Waals surface area contributed by atoms with E-state index in [1.165, 1.54) is 36.0 Å². The summed E-state index contributed by atoms with van der Waals surface area (Å²) in [6.07, 6.45) is 4.98. The maximum absolute atomic E-state index is 9.93. The first kappa shape index (κ1) is 22.7. The molecule has 2 atom stereocenters. The van der Waals surface area contributed by atoms with Crippen LogP contribution in [0.5, 0.6) is 0 Å². The van der Waals surface area contributed by atoms with E-state index in [0.717, 1.165) is 36.8 Å². The molecule has 0 spiro atoms. The van der Waals surface area contributed by atoms with Crippen molar-refractivity contribution < 1.29 is 10.2 Å². The first-order chi connectivity index (χ1) is 14.9. The molecular weight excluding hydrogens is 408 g/mol. The standard InChI is InChI=1S/C24H36N4O2S/c1-24(2)9-3-4-16-12-17(5-6-19(16)24)21-15-31-23(27-21)28-10-7-18(8-11-28)26-13-22(30)20(25)14-29/h5-6,12,15,18,20,22,26,29-30H,3-4,7-11,13-14,25H2,1-2H3. The second-order valence-corrected chi connectivity index (χ2v) is 10.5. The molecule has 2 unspecified atom stereocenters. The number of hydrogen-bond donors (Lipinski definition) is 4. The molecule has 170 valence electrons. The molecule has 1 aliphatic heterocycles. The van der Waals surface area contributed by atoms with Crippen LogP contribution in [-0.2, 0) is 11.8 Å². The van der Waals surface area contributed by atoms with Gasteiger partial charge in [0.15, 0.2) is 5.13 Å². The fraction of sp³-hybridized carbons (Fsp3) is 0.625. The first-order valence-corrected chi connectivity index (χ1v) is 12.4. The number of piperidine rings is 1. The highest BCUT2D eigenvalue weighted by Gasteiger charge is 2.28. The fourth-order valence-corrected chi connectivity index (χ4v) is 5.74. The number of aryl methyl sites for hydroxylation is 1. The van der Waals surface area contributed by atoms with Crippen molar-refractivity contribution >= 4 is 16.5 Å². The Kier molecular flexibility index (Phi) is 6.98. The van der Waals surface area contributed by atoms with Gasteiger partial charge in [-0.3, -0.25) is 0 Å². The molecule has 1 fully saturated rings. The number of thiazole rings is 1. The SMILES string of the molecule is CC1(C)CCCc2cc(-c3csc(N4CCC(NCC(O)C(N)CO)CC4)n3)ccc21. The molecule has 1 aromatic carbocycles. The molecule has 31 heavy (non-hydrogen) atoms. The number of nitrogens with zero attached hydrogens (tertiary/aromatic N) is 2. The summed E-state index contributed by atoms with van der Waals surface area (Å²) in [5, 5.41) is 25.6. The highest BCUT2D eigenvalue weighted by atomic mass is 32.1. The summed E-state index contributed by atoms with van der Waals surface area (Å²) in [4.78, 5) is 7.33. The summed E-state index contributed by atoms with van der Waals surface area (Å²) >= 11 is 1.72. The van der Waals surface area contributed by atoms with Gasteiger partial charge in [0.25, 0.3) is 0 Å². The summed E-state index contributed by atoms with van der Waals surface area (Å²) in [7, 11) is 0. The highest BCUT2D eigenvalue weighted by Crippen LogP contribution is 2.39. The second kappa shape index (κ2) is 9.55. The van der Waals surface area contributed by atoms with E-state index >= 15 is 0 Å². The summed E-state index contributed by atoms with van der Waals surface area (Å²) < 4.78 is 0. The molecule has 2 heterocycles. The number of aliphatic hydroxyl groups is 2. The molecular formula is C24H36N4O2S. The van der Waals surface area contributed by atoms with Crippen LogP contribution in [0.3, 0.4) is 0 Å². The van der Waals surface area contributed by atoms with Crippen molar-refractivity contribution in [1.29, 1.82) is 0 Å². The lowest BCUT2D eigenvalue weighted by Gasteiger charge is -2.33. The lowest BCUT2D eigenvalue weighted by atomic mass is 9.72. The van der Waals surface area contributed by atoms with Gasteiger partial charge in [-0.1, -0.05) is 26.0 Å². The molecule has 4 rings (SSSR count). The van der Waals surface area contributed by atoms with E-state index in [0.29, 0.717) is 12.6 Å². The van der Waals surface area contributed by atoms with E-state index in [9.17, 15) is 5.11 Å². The van der Waals surface area contributed by atoms with Crippen LogP contribution in [0, 0.1) is 0 Å². The summed E-state index contributed by atoms with van der Waals surface area (Å²) in [6.45, 7) is 6.83.